The maximum Gasteiger partial charge on any atom is 0.191 e. The molecule has 0 aromatic heterocycles. The summed E-state index contributed by atoms with van der Waals surface area (Å²) in [5.41, 5.74) is 0.127. The fourth-order valence-corrected chi connectivity index (χ4v) is 2.81. The molecule has 148 valence electrons. The Kier molecular flexibility index (Phi) is 11.8. The van der Waals surface area contributed by atoms with Crippen LogP contribution in [0.2, 0.25) is 0 Å². The van der Waals surface area contributed by atoms with Crippen molar-refractivity contribution < 1.29 is 14.2 Å². The summed E-state index contributed by atoms with van der Waals surface area (Å²) in [5.74, 6) is 0.815. The smallest absolute Gasteiger partial charge is 0.191 e. The van der Waals surface area contributed by atoms with Crippen LogP contribution in [0.15, 0.2) is 4.99 Å². The van der Waals surface area contributed by atoms with Crippen LogP contribution < -0.4 is 10.6 Å². The van der Waals surface area contributed by atoms with Gasteiger partial charge in [0.15, 0.2) is 5.96 Å². The normalized spacial score (nSPS) is 17.7. The Morgan fingerprint density at radius 2 is 1.76 bits per heavy atom. The first-order valence-electron chi connectivity index (χ1n) is 9.50. The molecule has 1 saturated heterocycles. The Balaban J connectivity index is 2.15. The number of nitrogens with one attached hydrogen (secondary N) is 2. The Labute approximate surface area is 153 Å². The van der Waals surface area contributed by atoms with Gasteiger partial charge in [-0.3, -0.25) is 4.99 Å². The van der Waals surface area contributed by atoms with E-state index in [0.717, 1.165) is 58.1 Å². The monoisotopic (exact) mass is 358 g/mol. The molecular weight excluding hydrogens is 320 g/mol. The van der Waals surface area contributed by atoms with E-state index in [1.54, 1.807) is 7.05 Å². The lowest BCUT2D eigenvalue weighted by Gasteiger charge is -2.43. The molecule has 1 fully saturated rings. The minimum Gasteiger partial charge on any atom is -0.381 e. The third-order valence-corrected chi connectivity index (χ3v) is 4.73. The Bertz CT molecular complexity index is 358. The maximum atomic E-state index is 5.57. The second-order valence-corrected chi connectivity index (χ2v) is 6.66. The lowest BCUT2D eigenvalue weighted by atomic mass is 9.88. The van der Waals surface area contributed by atoms with Crippen LogP contribution in [-0.4, -0.2) is 90.3 Å². The highest BCUT2D eigenvalue weighted by Gasteiger charge is 2.34. The van der Waals surface area contributed by atoms with Gasteiger partial charge in [0.1, 0.15) is 0 Å². The molecule has 0 bridgehead atoms. The number of aliphatic imine (C=N–C) groups is 1. The van der Waals surface area contributed by atoms with Crippen molar-refractivity contribution in [2.75, 3.05) is 73.9 Å². The van der Waals surface area contributed by atoms with E-state index in [4.69, 9.17) is 14.2 Å². The lowest BCUT2D eigenvalue weighted by Crippen LogP contribution is -2.57. The SMILES string of the molecule is CCCCOCCOCCNC(=NC)NCC1(N(C)C)CCOCC1. The molecule has 7 heteroatoms. The third-order valence-electron chi connectivity index (χ3n) is 4.73. The van der Waals surface area contributed by atoms with Crippen molar-refractivity contribution in [3.05, 3.63) is 0 Å². The first-order valence-corrected chi connectivity index (χ1v) is 9.50. The molecule has 0 atom stereocenters. The fraction of sp³-hybridized carbons (Fsp3) is 0.944. The number of hydrogen-bond acceptors (Lipinski definition) is 5. The second kappa shape index (κ2) is 13.3. The highest BCUT2D eigenvalue weighted by atomic mass is 16.5. The summed E-state index contributed by atoms with van der Waals surface area (Å²) >= 11 is 0. The van der Waals surface area contributed by atoms with Crippen molar-refractivity contribution in [1.29, 1.82) is 0 Å². The van der Waals surface area contributed by atoms with Crippen LogP contribution >= 0.6 is 0 Å². The van der Waals surface area contributed by atoms with Gasteiger partial charge < -0.3 is 29.7 Å². The number of rotatable bonds is 12. The molecule has 25 heavy (non-hydrogen) atoms. The zero-order chi connectivity index (χ0) is 18.4. The summed E-state index contributed by atoms with van der Waals surface area (Å²) in [7, 11) is 6.07. The molecule has 0 radical (unpaired) electrons. The molecule has 2 N–H and O–H groups in total. The molecule has 0 unspecified atom stereocenters. The predicted octanol–water partition coefficient (Wildman–Crippen LogP) is 1.10. The fourth-order valence-electron chi connectivity index (χ4n) is 2.81. The van der Waals surface area contributed by atoms with E-state index in [0.29, 0.717) is 19.8 Å². The van der Waals surface area contributed by atoms with E-state index in [9.17, 15) is 0 Å². The molecule has 0 spiro atoms. The van der Waals surface area contributed by atoms with Crippen molar-refractivity contribution in [1.82, 2.24) is 15.5 Å². The molecule has 1 rings (SSSR count). The van der Waals surface area contributed by atoms with Crippen molar-refractivity contribution in [3.8, 4) is 0 Å². The summed E-state index contributed by atoms with van der Waals surface area (Å²) in [5, 5.41) is 6.75. The average molecular weight is 359 g/mol. The summed E-state index contributed by atoms with van der Waals surface area (Å²) in [4.78, 5) is 6.60. The van der Waals surface area contributed by atoms with Crippen molar-refractivity contribution in [2.45, 2.75) is 38.1 Å². The van der Waals surface area contributed by atoms with Crippen LogP contribution in [-0.2, 0) is 14.2 Å². The minimum atomic E-state index is 0.127. The largest absolute Gasteiger partial charge is 0.381 e. The molecule has 0 aromatic carbocycles. The Morgan fingerprint density at radius 1 is 1.08 bits per heavy atom. The molecule has 1 aliphatic rings. The molecule has 0 aliphatic carbocycles. The van der Waals surface area contributed by atoms with Crippen molar-refractivity contribution >= 4 is 5.96 Å². The van der Waals surface area contributed by atoms with E-state index in [2.05, 4.69) is 41.5 Å². The highest BCUT2D eigenvalue weighted by Crippen LogP contribution is 2.24. The van der Waals surface area contributed by atoms with E-state index in [1.165, 1.54) is 6.42 Å². The van der Waals surface area contributed by atoms with Crippen molar-refractivity contribution in [3.63, 3.8) is 0 Å². The van der Waals surface area contributed by atoms with Gasteiger partial charge in [0.25, 0.3) is 0 Å². The first-order chi connectivity index (χ1) is 12.1. The molecule has 0 saturated carbocycles. The van der Waals surface area contributed by atoms with E-state index in [1.807, 2.05) is 0 Å². The minimum absolute atomic E-state index is 0.127. The Morgan fingerprint density at radius 3 is 2.36 bits per heavy atom. The van der Waals surface area contributed by atoms with Gasteiger partial charge in [-0.1, -0.05) is 13.3 Å². The lowest BCUT2D eigenvalue weighted by molar-refractivity contribution is -0.00503. The molecular formula is C18H38N4O3. The van der Waals surface area contributed by atoms with Crippen LogP contribution in [0.25, 0.3) is 0 Å². The van der Waals surface area contributed by atoms with Crippen LogP contribution in [0, 0.1) is 0 Å². The highest BCUT2D eigenvalue weighted by molar-refractivity contribution is 5.79. The summed E-state index contributed by atoms with van der Waals surface area (Å²) < 4.78 is 16.5. The predicted molar refractivity (Wildman–Crippen MR) is 102 cm³/mol. The van der Waals surface area contributed by atoms with Crippen LogP contribution in [0.3, 0.4) is 0 Å². The summed E-state index contributed by atoms with van der Waals surface area (Å²) in [6, 6.07) is 0. The number of nitrogens with zero attached hydrogens (tertiary/aromatic N) is 2. The molecule has 0 amide bonds. The number of ether oxygens (including phenoxy) is 3. The zero-order valence-corrected chi connectivity index (χ0v) is 16.6. The second-order valence-electron chi connectivity index (χ2n) is 6.66. The number of hydrogen-bond donors (Lipinski definition) is 2. The van der Waals surface area contributed by atoms with Gasteiger partial charge in [0.2, 0.25) is 0 Å². The van der Waals surface area contributed by atoms with Gasteiger partial charge in [0, 0.05) is 45.5 Å². The van der Waals surface area contributed by atoms with Gasteiger partial charge in [0.05, 0.1) is 19.8 Å². The first kappa shape index (κ1) is 22.2. The van der Waals surface area contributed by atoms with Crippen molar-refractivity contribution in [2.24, 2.45) is 4.99 Å². The summed E-state index contributed by atoms with van der Waals surface area (Å²) in [6.45, 7) is 8.16. The molecule has 1 heterocycles. The zero-order valence-electron chi connectivity index (χ0n) is 16.6. The summed E-state index contributed by atoms with van der Waals surface area (Å²) in [6.07, 6.45) is 4.35. The van der Waals surface area contributed by atoms with Gasteiger partial charge in [-0.25, -0.2) is 0 Å². The quantitative estimate of drug-likeness (QED) is 0.309. The number of likely N-dealkylation sites (N-methyl/N-ethyl adjacent to an activating group) is 1. The standard InChI is InChI=1S/C18H38N4O3/c1-5-6-10-23-14-15-25-13-9-20-17(19-2)21-16-18(22(3)4)7-11-24-12-8-18/h5-16H2,1-4H3,(H2,19,20,21). The Hall–Kier alpha value is -0.890. The number of unbranched alkanes of at least 4 members (excludes halogenated alkanes) is 1. The maximum absolute atomic E-state index is 5.57. The van der Waals surface area contributed by atoms with Gasteiger partial charge >= 0.3 is 0 Å². The molecule has 7 nitrogen and oxygen atoms in total. The molecule has 0 aromatic rings. The third kappa shape index (κ3) is 8.85. The molecule has 1 aliphatic heterocycles. The van der Waals surface area contributed by atoms with Crippen LogP contribution in [0.1, 0.15) is 32.6 Å². The van der Waals surface area contributed by atoms with Gasteiger partial charge in [-0.15, -0.1) is 0 Å². The average Bonchev–Trinajstić information content (AvgIpc) is 2.63. The van der Waals surface area contributed by atoms with Gasteiger partial charge in [-0.05, 0) is 33.4 Å². The van der Waals surface area contributed by atoms with Gasteiger partial charge in [-0.2, -0.15) is 0 Å². The van der Waals surface area contributed by atoms with Crippen LogP contribution in [0.4, 0.5) is 0 Å². The number of guanidine groups is 1. The topological polar surface area (TPSA) is 67.4 Å². The van der Waals surface area contributed by atoms with E-state index in [-0.39, 0.29) is 5.54 Å². The van der Waals surface area contributed by atoms with E-state index < -0.39 is 0 Å². The van der Waals surface area contributed by atoms with E-state index >= 15 is 0 Å². The van der Waals surface area contributed by atoms with Crippen LogP contribution in [0.5, 0.6) is 0 Å².